The Labute approximate surface area is 146 Å². The van der Waals surface area contributed by atoms with Crippen molar-refractivity contribution >= 4 is 23.8 Å². The number of carbonyl (C=O) groups excluding carboxylic acids is 4. The van der Waals surface area contributed by atoms with Crippen LogP contribution in [0.15, 0.2) is 12.2 Å². The first kappa shape index (κ1) is 19.0. The number of carbonyl (C=O) groups is 4. The number of nitrogens with zero attached hydrogens (tertiary/aromatic N) is 1. The number of fused-ring (bicyclic) bond motifs is 1. The number of ether oxygens (including phenoxy) is 3. The first-order valence-electron chi connectivity index (χ1n) is 7.93. The number of hydrogen-bond acceptors (Lipinski definition) is 7. The molecule has 1 aliphatic heterocycles. The molecule has 8 heteroatoms. The van der Waals surface area contributed by atoms with Gasteiger partial charge in [0.1, 0.15) is 17.1 Å². The molecule has 0 aromatic carbocycles. The fourth-order valence-electron chi connectivity index (χ4n) is 3.38. The third-order valence-corrected chi connectivity index (χ3v) is 4.43. The predicted molar refractivity (Wildman–Crippen MR) is 85.4 cm³/mol. The summed E-state index contributed by atoms with van der Waals surface area (Å²) in [5.41, 5.74) is -2.06. The maximum Gasteiger partial charge on any atom is 0.411 e. The Bertz CT molecular complexity index is 633. The predicted octanol–water partition coefficient (Wildman–Crippen LogP) is 1.08. The molecule has 1 aliphatic carbocycles. The Hall–Kier alpha value is -2.38. The summed E-state index contributed by atoms with van der Waals surface area (Å²) in [5, 5.41) is 0. The second-order valence-corrected chi connectivity index (χ2v) is 7.22. The van der Waals surface area contributed by atoms with E-state index in [1.807, 2.05) is 0 Å². The van der Waals surface area contributed by atoms with Gasteiger partial charge >= 0.3 is 18.0 Å². The Morgan fingerprint density at radius 3 is 2.36 bits per heavy atom. The van der Waals surface area contributed by atoms with Crippen LogP contribution in [0.3, 0.4) is 0 Å². The SMILES string of the molecule is COC(=O)[C@@H]1[C@H]2CC(=O)C=C[C@@]2(C(=O)OC)CN1C(=O)OC(C)(C)C. The van der Waals surface area contributed by atoms with Crippen LogP contribution in [-0.2, 0) is 28.6 Å². The molecule has 3 atom stereocenters. The fraction of sp³-hybridized carbons (Fsp3) is 0.647. The van der Waals surface area contributed by atoms with E-state index in [-0.39, 0.29) is 18.7 Å². The van der Waals surface area contributed by atoms with Gasteiger partial charge in [0.25, 0.3) is 0 Å². The number of hydrogen-bond donors (Lipinski definition) is 0. The molecule has 1 amide bonds. The molecular weight excluding hydrogens is 330 g/mol. The summed E-state index contributed by atoms with van der Waals surface area (Å²) >= 11 is 0. The zero-order valence-corrected chi connectivity index (χ0v) is 15.0. The molecule has 0 unspecified atom stereocenters. The quantitative estimate of drug-likeness (QED) is 0.541. The van der Waals surface area contributed by atoms with E-state index in [4.69, 9.17) is 14.2 Å². The molecule has 0 aromatic heterocycles. The highest BCUT2D eigenvalue weighted by atomic mass is 16.6. The van der Waals surface area contributed by atoms with Gasteiger partial charge in [0.2, 0.25) is 0 Å². The summed E-state index contributed by atoms with van der Waals surface area (Å²) in [6.07, 6.45) is 1.90. The van der Waals surface area contributed by atoms with Gasteiger partial charge in [-0.15, -0.1) is 0 Å². The van der Waals surface area contributed by atoms with E-state index in [2.05, 4.69) is 0 Å². The van der Waals surface area contributed by atoms with Crippen molar-refractivity contribution in [1.82, 2.24) is 4.90 Å². The van der Waals surface area contributed by atoms with Crippen molar-refractivity contribution in [3.63, 3.8) is 0 Å². The largest absolute Gasteiger partial charge is 0.468 e. The van der Waals surface area contributed by atoms with Crippen LogP contribution in [0.4, 0.5) is 4.79 Å². The van der Waals surface area contributed by atoms with Gasteiger partial charge in [-0.3, -0.25) is 14.5 Å². The minimum atomic E-state index is -1.28. The fourth-order valence-corrected chi connectivity index (χ4v) is 3.38. The summed E-state index contributed by atoms with van der Waals surface area (Å²) in [6, 6.07) is -1.10. The molecule has 0 bridgehead atoms. The van der Waals surface area contributed by atoms with Crippen LogP contribution in [0.1, 0.15) is 27.2 Å². The molecule has 8 nitrogen and oxygen atoms in total. The van der Waals surface area contributed by atoms with Crippen LogP contribution in [0, 0.1) is 11.3 Å². The van der Waals surface area contributed by atoms with Crippen molar-refractivity contribution in [1.29, 1.82) is 0 Å². The normalized spacial score (nSPS) is 28.4. The number of likely N-dealkylation sites (tertiary alicyclic amines) is 1. The molecule has 1 heterocycles. The Morgan fingerprint density at radius 2 is 1.84 bits per heavy atom. The minimum absolute atomic E-state index is 0.0648. The van der Waals surface area contributed by atoms with Crippen molar-refractivity contribution < 1.29 is 33.4 Å². The minimum Gasteiger partial charge on any atom is -0.468 e. The first-order chi connectivity index (χ1) is 11.6. The van der Waals surface area contributed by atoms with Crippen molar-refractivity contribution in [2.75, 3.05) is 20.8 Å². The molecule has 0 spiro atoms. The van der Waals surface area contributed by atoms with Crippen LogP contribution < -0.4 is 0 Å². The van der Waals surface area contributed by atoms with E-state index < -0.39 is 41.0 Å². The summed E-state index contributed by atoms with van der Waals surface area (Å²) < 4.78 is 15.1. The highest BCUT2D eigenvalue weighted by molar-refractivity contribution is 5.97. The van der Waals surface area contributed by atoms with E-state index in [0.29, 0.717) is 0 Å². The van der Waals surface area contributed by atoms with Gasteiger partial charge in [-0.25, -0.2) is 9.59 Å². The highest BCUT2D eigenvalue weighted by Crippen LogP contribution is 2.47. The van der Waals surface area contributed by atoms with Crippen LogP contribution in [0.25, 0.3) is 0 Å². The number of esters is 2. The van der Waals surface area contributed by atoms with Crippen molar-refractivity contribution in [2.24, 2.45) is 11.3 Å². The molecule has 0 N–H and O–H groups in total. The molecule has 0 radical (unpaired) electrons. The van der Waals surface area contributed by atoms with E-state index in [9.17, 15) is 19.2 Å². The Kier molecular flexibility index (Phi) is 4.92. The zero-order valence-electron chi connectivity index (χ0n) is 15.0. The van der Waals surface area contributed by atoms with Gasteiger partial charge in [0, 0.05) is 18.9 Å². The Morgan fingerprint density at radius 1 is 1.20 bits per heavy atom. The molecule has 0 aromatic rings. The maximum absolute atomic E-state index is 12.6. The lowest BCUT2D eigenvalue weighted by molar-refractivity contribution is -0.153. The molecule has 2 aliphatic rings. The average molecular weight is 353 g/mol. The van der Waals surface area contributed by atoms with Gasteiger partial charge in [-0.05, 0) is 26.8 Å². The summed E-state index contributed by atoms with van der Waals surface area (Å²) in [5.74, 6) is -2.31. The second kappa shape index (κ2) is 6.50. The lowest BCUT2D eigenvalue weighted by Gasteiger charge is -2.31. The van der Waals surface area contributed by atoms with E-state index in [0.717, 1.165) is 4.90 Å². The monoisotopic (exact) mass is 353 g/mol. The third kappa shape index (κ3) is 3.38. The number of rotatable bonds is 2. The molecule has 1 saturated heterocycles. The van der Waals surface area contributed by atoms with Gasteiger partial charge in [0.05, 0.1) is 14.2 Å². The molecule has 0 saturated carbocycles. The molecule has 138 valence electrons. The molecule has 25 heavy (non-hydrogen) atoms. The average Bonchev–Trinajstić information content (AvgIpc) is 2.87. The van der Waals surface area contributed by atoms with Crippen LogP contribution in [-0.4, -0.2) is 61.1 Å². The number of ketones is 1. The topological polar surface area (TPSA) is 99.2 Å². The summed E-state index contributed by atoms with van der Waals surface area (Å²) in [7, 11) is 2.41. The van der Waals surface area contributed by atoms with Gasteiger partial charge in [0.15, 0.2) is 5.78 Å². The van der Waals surface area contributed by atoms with Gasteiger partial charge < -0.3 is 14.2 Å². The molecule has 1 fully saturated rings. The smallest absolute Gasteiger partial charge is 0.411 e. The van der Waals surface area contributed by atoms with Crippen molar-refractivity contribution in [2.45, 2.75) is 38.8 Å². The highest BCUT2D eigenvalue weighted by Gasteiger charge is 2.62. The standard InChI is InChI=1S/C17H23NO7/c1-16(2,3)25-15(22)18-9-17(14(21)24-5)7-6-10(19)8-11(17)12(18)13(20)23-4/h6-7,11-12H,8-9H2,1-5H3/t11-,12+,17-/m1/s1. The third-order valence-electron chi connectivity index (χ3n) is 4.43. The van der Waals surface area contributed by atoms with Crippen molar-refractivity contribution in [3.05, 3.63) is 12.2 Å². The lowest BCUT2D eigenvalue weighted by Crippen LogP contribution is -2.46. The molecular formula is C17H23NO7. The van der Waals surface area contributed by atoms with Crippen LogP contribution in [0.2, 0.25) is 0 Å². The molecule has 2 rings (SSSR count). The zero-order chi connectivity index (χ0) is 19.0. The number of methoxy groups -OCH3 is 2. The van der Waals surface area contributed by atoms with Crippen molar-refractivity contribution in [3.8, 4) is 0 Å². The van der Waals surface area contributed by atoms with Crippen LogP contribution >= 0.6 is 0 Å². The summed E-state index contributed by atoms with van der Waals surface area (Å²) in [4.78, 5) is 50.5. The van der Waals surface area contributed by atoms with Crippen LogP contribution in [0.5, 0.6) is 0 Å². The second-order valence-electron chi connectivity index (χ2n) is 7.22. The van der Waals surface area contributed by atoms with E-state index in [1.54, 1.807) is 20.8 Å². The lowest BCUT2D eigenvalue weighted by atomic mass is 9.69. The van der Waals surface area contributed by atoms with Gasteiger partial charge in [-0.1, -0.05) is 6.08 Å². The maximum atomic E-state index is 12.6. The number of allylic oxidation sites excluding steroid dienone is 1. The summed E-state index contributed by atoms with van der Waals surface area (Å²) in [6.45, 7) is 4.96. The van der Waals surface area contributed by atoms with E-state index >= 15 is 0 Å². The number of amides is 1. The first-order valence-corrected chi connectivity index (χ1v) is 7.93. The van der Waals surface area contributed by atoms with E-state index in [1.165, 1.54) is 26.4 Å². The van der Waals surface area contributed by atoms with Gasteiger partial charge in [-0.2, -0.15) is 0 Å². The Balaban J connectivity index is 2.49.